The predicted octanol–water partition coefficient (Wildman–Crippen LogP) is 2.46. The van der Waals surface area contributed by atoms with E-state index in [0.29, 0.717) is 13.1 Å². The minimum atomic E-state index is -0.653. The standard InChI is InChI=1S/C14H19N3OS/c1-3-14(2,18)10-15-8-11-9-19-13(17-11)12-6-4-5-7-16-12/h4-7,9,15,18H,3,8,10H2,1-2H3. The minimum Gasteiger partial charge on any atom is -0.389 e. The van der Waals surface area contributed by atoms with Gasteiger partial charge in [0.25, 0.3) is 0 Å². The van der Waals surface area contributed by atoms with E-state index < -0.39 is 5.60 Å². The first kappa shape index (κ1) is 14.1. The first-order valence-electron chi connectivity index (χ1n) is 6.39. The molecule has 0 fully saturated rings. The molecule has 2 aromatic heterocycles. The normalized spacial score (nSPS) is 14.3. The molecule has 0 spiro atoms. The molecular formula is C14H19N3OS. The van der Waals surface area contributed by atoms with Crippen molar-refractivity contribution in [2.75, 3.05) is 6.54 Å². The fraction of sp³-hybridized carbons (Fsp3) is 0.429. The van der Waals surface area contributed by atoms with Gasteiger partial charge < -0.3 is 10.4 Å². The van der Waals surface area contributed by atoms with Crippen molar-refractivity contribution >= 4 is 11.3 Å². The Bertz CT molecular complexity index is 510. The number of nitrogens with one attached hydrogen (secondary N) is 1. The van der Waals surface area contributed by atoms with E-state index in [2.05, 4.69) is 15.3 Å². The Kier molecular flexibility index (Phi) is 4.63. The van der Waals surface area contributed by atoms with E-state index in [0.717, 1.165) is 22.8 Å². The Labute approximate surface area is 117 Å². The second-order valence-electron chi connectivity index (χ2n) is 4.81. The zero-order valence-electron chi connectivity index (χ0n) is 11.3. The summed E-state index contributed by atoms with van der Waals surface area (Å²) in [6.07, 6.45) is 2.50. The highest BCUT2D eigenvalue weighted by Crippen LogP contribution is 2.21. The second kappa shape index (κ2) is 6.23. The summed E-state index contributed by atoms with van der Waals surface area (Å²) in [6.45, 7) is 5.05. The number of nitrogens with zero attached hydrogens (tertiary/aromatic N) is 2. The third-order valence-corrected chi connectivity index (χ3v) is 3.92. The third kappa shape index (κ3) is 4.09. The van der Waals surface area contributed by atoms with Crippen molar-refractivity contribution in [2.45, 2.75) is 32.4 Å². The van der Waals surface area contributed by atoms with E-state index >= 15 is 0 Å². The third-order valence-electron chi connectivity index (χ3n) is 3.01. The molecule has 2 N–H and O–H groups in total. The summed E-state index contributed by atoms with van der Waals surface area (Å²) < 4.78 is 0. The lowest BCUT2D eigenvalue weighted by Crippen LogP contribution is -2.36. The van der Waals surface area contributed by atoms with Gasteiger partial charge in [0.1, 0.15) is 5.01 Å². The van der Waals surface area contributed by atoms with Crippen molar-refractivity contribution in [1.29, 1.82) is 0 Å². The molecule has 102 valence electrons. The van der Waals surface area contributed by atoms with Crippen LogP contribution in [-0.2, 0) is 6.54 Å². The van der Waals surface area contributed by atoms with Gasteiger partial charge in [-0.3, -0.25) is 4.98 Å². The highest BCUT2D eigenvalue weighted by atomic mass is 32.1. The smallest absolute Gasteiger partial charge is 0.142 e. The van der Waals surface area contributed by atoms with Gasteiger partial charge in [-0.05, 0) is 25.5 Å². The van der Waals surface area contributed by atoms with Crippen LogP contribution in [0.25, 0.3) is 10.7 Å². The van der Waals surface area contributed by atoms with E-state index in [4.69, 9.17) is 0 Å². The quantitative estimate of drug-likeness (QED) is 0.851. The van der Waals surface area contributed by atoms with Crippen LogP contribution in [0.3, 0.4) is 0 Å². The number of hydrogen-bond acceptors (Lipinski definition) is 5. The van der Waals surface area contributed by atoms with Gasteiger partial charge in [-0.2, -0.15) is 0 Å². The van der Waals surface area contributed by atoms with Crippen molar-refractivity contribution in [3.63, 3.8) is 0 Å². The first-order valence-corrected chi connectivity index (χ1v) is 7.27. The van der Waals surface area contributed by atoms with Gasteiger partial charge in [-0.1, -0.05) is 13.0 Å². The Morgan fingerprint density at radius 1 is 1.42 bits per heavy atom. The van der Waals surface area contributed by atoms with Crippen LogP contribution in [-0.4, -0.2) is 27.2 Å². The van der Waals surface area contributed by atoms with E-state index in [-0.39, 0.29) is 0 Å². The van der Waals surface area contributed by atoms with Gasteiger partial charge in [0.05, 0.1) is 17.0 Å². The molecule has 0 saturated carbocycles. The van der Waals surface area contributed by atoms with Crippen LogP contribution in [0, 0.1) is 0 Å². The van der Waals surface area contributed by atoms with Crippen molar-refractivity contribution in [1.82, 2.24) is 15.3 Å². The lowest BCUT2D eigenvalue weighted by molar-refractivity contribution is 0.0555. The topological polar surface area (TPSA) is 58.0 Å². The van der Waals surface area contributed by atoms with Gasteiger partial charge in [0.15, 0.2) is 0 Å². The summed E-state index contributed by atoms with van der Waals surface area (Å²) in [5, 5.41) is 16.1. The van der Waals surface area contributed by atoms with Crippen LogP contribution in [0.5, 0.6) is 0 Å². The molecule has 0 aliphatic heterocycles. The SMILES string of the molecule is CCC(C)(O)CNCc1csc(-c2ccccn2)n1. The van der Waals surface area contributed by atoms with Crippen LogP contribution >= 0.6 is 11.3 Å². The molecule has 0 aromatic carbocycles. The molecule has 5 heteroatoms. The monoisotopic (exact) mass is 277 g/mol. The van der Waals surface area contributed by atoms with Gasteiger partial charge in [-0.15, -0.1) is 11.3 Å². The van der Waals surface area contributed by atoms with E-state index in [1.54, 1.807) is 17.5 Å². The van der Waals surface area contributed by atoms with Crippen molar-refractivity contribution < 1.29 is 5.11 Å². The molecule has 0 aliphatic carbocycles. The Hall–Kier alpha value is -1.30. The maximum atomic E-state index is 9.89. The number of rotatable bonds is 6. The first-order chi connectivity index (χ1) is 9.11. The second-order valence-corrected chi connectivity index (χ2v) is 5.67. The molecule has 1 atom stereocenters. The summed E-state index contributed by atoms with van der Waals surface area (Å²) in [5.41, 5.74) is 1.23. The molecule has 0 aliphatic rings. The number of thiazole rings is 1. The Balaban J connectivity index is 1.92. The molecule has 1 unspecified atom stereocenters. The molecule has 2 rings (SSSR count). The average Bonchev–Trinajstić information content (AvgIpc) is 2.88. The summed E-state index contributed by atoms with van der Waals surface area (Å²) in [5.74, 6) is 0. The molecule has 0 saturated heterocycles. The largest absolute Gasteiger partial charge is 0.389 e. The van der Waals surface area contributed by atoms with Crippen LogP contribution in [0.4, 0.5) is 0 Å². The van der Waals surface area contributed by atoms with E-state index in [1.807, 2.05) is 37.4 Å². The summed E-state index contributed by atoms with van der Waals surface area (Å²) >= 11 is 1.59. The molecule has 0 bridgehead atoms. The zero-order chi connectivity index (χ0) is 13.7. The van der Waals surface area contributed by atoms with Crippen LogP contribution in [0.15, 0.2) is 29.8 Å². The Morgan fingerprint density at radius 2 is 2.26 bits per heavy atom. The highest BCUT2D eigenvalue weighted by Gasteiger charge is 2.16. The molecule has 2 aromatic rings. The predicted molar refractivity (Wildman–Crippen MR) is 78.0 cm³/mol. The Morgan fingerprint density at radius 3 is 2.95 bits per heavy atom. The molecule has 19 heavy (non-hydrogen) atoms. The van der Waals surface area contributed by atoms with Gasteiger partial charge in [0, 0.05) is 24.7 Å². The van der Waals surface area contributed by atoms with Crippen molar-refractivity contribution in [3.05, 3.63) is 35.5 Å². The fourth-order valence-corrected chi connectivity index (χ4v) is 2.38. The molecule has 4 nitrogen and oxygen atoms in total. The maximum absolute atomic E-state index is 9.89. The van der Waals surface area contributed by atoms with Crippen LogP contribution in [0.1, 0.15) is 26.0 Å². The minimum absolute atomic E-state index is 0.569. The number of aliphatic hydroxyl groups is 1. The number of hydrogen-bond donors (Lipinski definition) is 2. The number of aromatic nitrogens is 2. The van der Waals surface area contributed by atoms with Gasteiger partial charge >= 0.3 is 0 Å². The fourth-order valence-electron chi connectivity index (χ4n) is 1.58. The average molecular weight is 277 g/mol. The van der Waals surface area contributed by atoms with Gasteiger partial charge in [0.2, 0.25) is 0 Å². The van der Waals surface area contributed by atoms with Crippen molar-refractivity contribution in [3.8, 4) is 10.7 Å². The van der Waals surface area contributed by atoms with E-state index in [1.165, 1.54) is 0 Å². The summed E-state index contributed by atoms with van der Waals surface area (Å²) in [6, 6.07) is 5.81. The lowest BCUT2D eigenvalue weighted by Gasteiger charge is -2.21. The highest BCUT2D eigenvalue weighted by molar-refractivity contribution is 7.13. The van der Waals surface area contributed by atoms with Gasteiger partial charge in [-0.25, -0.2) is 4.98 Å². The lowest BCUT2D eigenvalue weighted by atomic mass is 10.0. The number of pyridine rings is 1. The van der Waals surface area contributed by atoms with Crippen molar-refractivity contribution in [2.24, 2.45) is 0 Å². The summed E-state index contributed by atoms with van der Waals surface area (Å²) in [4.78, 5) is 8.82. The van der Waals surface area contributed by atoms with E-state index in [9.17, 15) is 5.11 Å². The zero-order valence-corrected chi connectivity index (χ0v) is 12.1. The molecule has 0 radical (unpaired) electrons. The summed E-state index contributed by atoms with van der Waals surface area (Å²) in [7, 11) is 0. The molecule has 0 amide bonds. The maximum Gasteiger partial charge on any atom is 0.142 e. The molecular weight excluding hydrogens is 258 g/mol. The van der Waals surface area contributed by atoms with Crippen LogP contribution < -0.4 is 5.32 Å². The molecule has 2 heterocycles. The van der Waals surface area contributed by atoms with Crippen LogP contribution in [0.2, 0.25) is 0 Å².